The molecule has 2 aliphatic heterocycles. The molecule has 0 fully saturated rings. The molecule has 0 saturated carbocycles. The van der Waals surface area contributed by atoms with Crippen LogP contribution >= 0.6 is 22.9 Å². The van der Waals surface area contributed by atoms with E-state index in [4.69, 9.17) is 16.3 Å². The van der Waals surface area contributed by atoms with Crippen LogP contribution in [0.5, 0.6) is 0 Å². The molecule has 0 bridgehead atoms. The van der Waals surface area contributed by atoms with Crippen LogP contribution < -0.4 is 11.2 Å². The van der Waals surface area contributed by atoms with E-state index in [0.29, 0.717) is 28.8 Å². The van der Waals surface area contributed by atoms with Crippen molar-refractivity contribution >= 4 is 22.9 Å². The van der Waals surface area contributed by atoms with Crippen molar-refractivity contribution in [1.82, 2.24) is 19.1 Å². The van der Waals surface area contributed by atoms with Gasteiger partial charge in [-0.25, -0.2) is 9.78 Å². The van der Waals surface area contributed by atoms with Gasteiger partial charge in [0.25, 0.3) is 5.56 Å². The molecule has 7 nitrogen and oxygen atoms in total. The van der Waals surface area contributed by atoms with Crippen molar-refractivity contribution in [2.75, 3.05) is 13.7 Å². The summed E-state index contributed by atoms with van der Waals surface area (Å²) in [5.74, 6) is 0.352. The minimum Gasteiger partial charge on any atom is -0.383 e. The highest BCUT2D eigenvalue weighted by Gasteiger charge is 2.21. The van der Waals surface area contributed by atoms with Gasteiger partial charge in [-0.2, -0.15) is 4.98 Å². The fourth-order valence-corrected chi connectivity index (χ4v) is 3.71. The lowest BCUT2D eigenvalue weighted by Crippen LogP contribution is -2.41. The Morgan fingerprint density at radius 3 is 2.84 bits per heavy atom. The van der Waals surface area contributed by atoms with Crippen LogP contribution in [-0.4, -0.2) is 32.8 Å². The summed E-state index contributed by atoms with van der Waals surface area (Å²) < 4.78 is 8.51. The molecule has 0 saturated heterocycles. The molecule has 1 aromatic heterocycles. The number of rotatable bonds is 6. The van der Waals surface area contributed by atoms with Gasteiger partial charge in [-0.15, -0.1) is 11.3 Å². The monoisotopic (exact) mass is 380 g/mol. The van der Waals surface area contributed by atoms with Gasteiger partial charge in [-0.1, -0.05) is 18.5 Å². The van der Waals surface area contributed by atoms with E-state index < -0.39 is 5.69 Å². The molecule has 3 heterocycles. The zero-order chi connectivity index (χ0) is 18.0. The molecule has 9 heteroatoms. The lowest BCUT2D eigenvalue weighted by Gasteiger charge is -2.19. The Kier molecular flexibility index (Phi) is 5.31. The predicted molar refractivity (Wildman–Crippen MR) is 96.8 cm³/mol. The first-order chi connectivity index (χ1) is 12.0. The minimum absolute atomic E-state index is 0.283. The van der Waals surface area contributed by atoms with Crippen LogP contribution in [0.3, 0.4) is 0 Å². The van der Waals surface area contributed by atoms with Crippen LogP contribution in [0.1, 0.15) is 24.3 Å². The number of nitrogens with zero attached hydrogens (tertiary/aromatic N) is 4. The number of hydrogen-bond acceptors (Lipinski definition) is 6. The maximum Gasteiger partial charge on any atom is 0.352 e. The highest BCUT2D eigenvalue weighted by atomic mass is 35.5. The van der Waals surface area contributed by atoms with Crippen molar-refractivity contribution in [2.45, 2.75) is 25.9 Å². The number of pyridine rings is 1. The van der Waals surface area contributed by atoms with Crippen molar-refractivity contribution < 1.29 is 4.74 Å². The third kappa shape index (κ3) is 3.51. The van der Waals surface area contributed by atoms with Crippen molar-refractivity contribution in [2.24, 2.45) is 0 Å². The number of ether oxygens (including phenoxy) is 1. The maximum atomic E-state index is 12.9. The summed E-state index contributed by atoms with van der Waals surface area (Å²) in [6, 6.07) is 3.10. The molecule has 0 spiro atoms. The molecule has 25 heavy (non-hydrogen) atoms. The Hall–Kier alpha value is -2.03. The van der Waals surface area contributed by atoms with Gasteiger partial charge in [0.2, 0.25) is 0 Å². The zero-order valence-electron chi connectivity index (χ0n) is 13.8. The molecule has 0 radical (unpaired) electrons. The molecule has 2 aliphatic rings. The molecule has 0 aromatic carbocycles. The molecule has 0 N–H and O–H groups in total. The second-order valence-electron chi connectivity index (χ2n) is 5.54. The summed E-state index contributed by atoms with van der Waals surface area (Å²) >= 11 is 7.21. The Morgan fingerprint density at radius 2 is 2.20 bits per heavy atom. The Bertz CT molecular complexity index is 965. The average molecular weight is 381 g/mol. The molecule has 1 unspecified atom stereocenters. The number of hydrogen-bond donors (Lipinski definition) is 0. The van der Waals surface area contributed by atoms with Crippen molar-refractivity contribution in [3.05, 3.63) is 54.7 Å². The quantitative estimate of drug-likeness (QED) is 0.655. The molecule has 1 aromatic rings. The lowest BCUT2D eigenvalue weighted by molar-refractivity contribution is 0.149. The number of methoxy groups -OCH3 is 1. The van der Waals surface area contributed by atoms with Crippen LogP contribution in [0, 0.1) is 0 Å². The average Bonchev–Trinajstić information content (AvgIpc) is 2.99. The molecule has 0 amide bonds. The van der Waals surface area contributed by atoms with Gasteiger partial charge in [0.05, 0.1) is 24.8 Å². The third-order valence-corrected chi connectivity index (χ3v) is 5.05. The number of halogens is 1. The smallest absolute Gasteiger partial charge is 0.352 e. The van der Waals surface area contributed by atoms with Gasteiger partial charge in [0.15, 0.2) is 10.3 Å². The Balaban J connectivity index is 2.12. The standard InChI is InChI=1S/C16H17ClN4O3S/c1-3-10(9-24-2)21-14(22)12-5-4-6-20(13(12)19-16(21)23)8-11-7-18-15(17)25-11/h4-7,10H,3,8-9H2,1-2H3. The van der Waals surface area contributed by atoms with Crippen LogP contribution in [0.25, 0.3) is 11.4 Å². The van der Waals surface area contributed by atoms with E-state index in [1.807, 2.05) is 6.92 Å². The molecule has 3 rings (SSSR count). The van der Waals surface area contributed by atoms with Gasteiger partial charge in [-0.3, -0.25) is 9.36 Å². The zero-order valence-corrected chi connectivity index (χ0v) is 15.4. The van der Waals surface area contributed by atoms with Crippen molar-refractivity contribution in [1.29, 1.82) is 0 Å². The first-order valence-corrected chi connectivity index (χ1v) is 8.95. The Morgan fingerprint density at radius 1 is 1.40 bits per heavy atom. The van der Waals surface area contributed by atoms with E-state index in [1.54, 1.807) is 36.2 Å². The van der Waals surface area contributed by atoms with E-state index >= 15 is 0 Å². The highest BCUT2D eigenvalue weighted by Crippen LogP contribution is 2.21. The summed E-state index contributed by atoms with van der Waals surface area (Å²) in [5, 5.41) is 0. The predicted octanol–water partition coefficient (Wildman–Crippen LogP) is 2.27. The van der Waals surface area contributed by atoms with E-state index in [1.165, 1.54) is 15.9 Å². The summed E-state index contributed by atoms with van der Waals surface area (Å²) in [4.78, 5) is 34.4. The van der Waals surface area contributed by atoms with E-state index in [2.05, 4.69) is 9.97 Å². The highest BCUT2D eigenvalue weighted by molar-refractivity contribution is 7.15. The van der Waals surface area contributed by atoms with E-state index in [9.17, 15) is 9.59 Å². The molecular formula is C16H17ClN4O3S. The van der Waals surface area contributed by atoms with Crippen molar-refractivity contribution in [3.63, 3.8) is 0 Å². The van der Waals surface area contributed by atoms with Crippen LogP contribution in [0.15, 0.2) is 34.1 Å². The summed E-state index contributed by atoms with van der Waals surface area (Å²) in [6.07, 6.45) is 4.05. The van der Waals surface area contributed by atoms with Gasteiger partial charge in [-0.05, 0) is 18.6 Å². The summed E-state index contributed by atoms with van der Waals surface area (Å²) in [5.41, 5.74) is -0.522. The molecular weight excluding hydrogens is 364 g/mol. The van der Waals surface area contributed by atoms with Gasteiger partial charge >= 0.3 is 5.69 Å². The lowest BCUT2D eigenvalue weighted by atomic mass is 10.2. The van der Waals surface area contributed by atoms with Crippen LogP contribution in [0.2, 0.25) is 4.47 Å². The largest absolute Gasteiger partial charge is 0.383 e. The number of aromatic nitrogens is 4. The van der Waals surface area contributed by atoms with Gasteiger partial charge in [0, 0.05) is 24.4 Å². The van der Waals surface area contributed by atoms with Gasteiger partial charge < -0.3 is 9.30 Å². The normalized spacial score (nSPS) is 12.6. The molecule has 1 atom stereocenters. The van der Waals surface area contributed by atoms with Crippen LogP contribution in [0.4, 0.5) is 0 Å². The van der Waals surface area contributed by atoms with Gasteiger partial charge in [0.1, 0.15) is 0 Å². The third-order valence-electron chi connectivity index (χ3n) is 3.95. The van der Waals surface area contributed by atoms with Crippen molar-refractivity contribution in [3.8, 4) is 11.4 Å². The minimum atomic E-state index is -0.566. The first-order valence-electron chi connectivity index (χ1n) is 7.76. The molecule has 0 aliphatic carbocycles. The van der Waals surface area contributed by atoms with E-state index in [-0.39, 0.29) is 18.2 Å². The second kappa shape index (κ2) is 7.47. The fourth-order valence-electron chi connectivity index (χ4n) is 2.74. The number of fused-ring (bicyclic) bond motifs is 1. The fraction of sp³-hybridized carbons (Fsp3) is 0.375. The maximum absolute atomic E-state index is 12.9. The summed E-state index contributed by atoms with van der Waals surface area (Å²) in [6.45, 7) is 2.62. The topological polar surface area (TPSA) is 79.0 Å². The first kappa shape index (κ1) is 17.8. The van der Waals surface area contributed by atoms with E-state index in [0.717, 1.165) is 4.88 Å². The number of thiazole rings is 1. The molecule has 132 valence electrons. The Labute approximate surface area is 152 Å². The summed E-state index contributed by atoms with van der Waals surface area (Å²) in [7, 11) is 1.54. The van der Waals surface area contributed by atoms with Crippen LogP contribution in [-0.2, 0) is 11.3 Å². The second-order valence-corrected chi connectivity index (χ2v) is 7.24. The SMILES string of the molecule is CCC(COC)n1c(=O)nc2n(Cc3cnc(Cl)s3)cccc-2c1=O.